The Hall–Kier alpha value is -3.81. The number of piperazine rings is 1. The van der Waals surface area contributed by atoms with Crippen LogP contribution in [0.1, 0.15) is 30.8 Å². The quantitative estimate of drug-likeness (QED) is 0.352. The Morgan fingerprint density at radius 2 is 1.62 bits per heavy atom. The molecule has 0 aliphatic carbocycles. The van der Waals surface area contributed by atoms with Crippen molar-refractivity contribution in [2.75, 3.05) is 38.0 Å². The molecule has 7 heteroatoms. The predicted molar refractivity (Wildman–Crippen MR) is 146 cm³/mol. The van der Waals surface area contributed by atoms with Crippen molar-refractivity contribution >= 4 is 11.6 Å². The number of anilines is 1. The van der Waals surface area contributed by atoms with Crippen LogP contribution in [-0.2, 0) is 4.79 Å². The fourth-order valence-electron chi connectivity index (χ4n) is 4.69. The van der Waals surface area contributed by atoms with Crippen molar-refractivity contribution in [1.29, 1.82) is 0 Å². The van der Waals surface area contributed by atoms with E-state index in [9.17, 15) is 4.79 Å². The van der Waals surface area contributed by atoms with Crippen LogP contribution in [-0.4, -0.2) is 58.6 Å². The summed E-state index contributed by atoms with van der Waals surface area (Å²) in [5, 5.41) is 7.30. The van der Waals surface area contributed by atoms with Crippen molar-refractivity contribution in [3.8, 4) is 22.5 Å². The average molecular weight is 496 g/mol. The molecule has 1 saturated heterocycles. The number of hydrogen-bond acceptors (Lipinski definition) is 6. The largest absolute Gasteiger partial charge is 0.337 e. The van der Waals surface area contributed by atoms with Gasteiger partial charge in [0.05, 0.1) is 6.04 Å². The number of amides is 1. The summed E-state index contributed by atoms with van der Waals surface area (Å²) in [4.78, 5) is 22.1. The second-order valence-corrected chi connectivity index (χ2v) is 9.59. The molecular formula is C30H33N5O2. The summed E-state index contributed by atoms with van der Waals surface area (Å²) in [7, 11) is 0. The molecule has 3 aromatic carbocycles. The third-order valence-corrected chi connectivity index (χ3v) is 7.00. The Kier molecular flexibility index (Phi) is 7.73. The van der Waals surface area contributed by atoms with Crippen LogP contribution in [0.5, 0.6) is 0 Å². The minimum absolute atomic E-state index is 0.0358. The number of nitrogens with one attached hydrogen (secondary N) is 1. The summed E-state index contributed by atoms with van der Waals surface area (Å²) in [5.74, 6) is 1.30. The van der Waals surface area contributed by atoms with E-state index in [1.54, 1.807) is 0 Å². The van der Waals surface area contributed by atoms with Gasteiger partial charge in [0.15, 0.2) is 0 Å². The van der Waals surface area contributed by atoms with Crippen LogP contribution >= 0.6 is 0 Å². The average Bonchev–Trinajstić information content (AvgIpc) is 3.43. The van der Waals surface area contributed by atoms with E-state index in [-0.39, 0.29) is 11.9 Å². The molecule has 4 aromatic rings. The number of para-hydroxylation sites is 1. The Bertz CT molecular complexity index is 1310. The molecule has 1 unspecified atom stereocenters. The number of aryl methyl sites for hydroxylation is 1. The van der Waals surface area contributed by atoms with Gasteiger partial charge in [-0.05, 0) is 25.5 Å². The lowest BCUT2D eigenvalue weighted by molar-refractivity contribution is -0.116. The number of aromatic nitrogens is 2. The van der Waals surface area contributed by atoms with Crippen LogP contribution in [0.3, 0.4) is 0 Å². The Balaban J connectivity index is 1.10. The second-order valence-electron chi connectivity index (χ2n) is 9.59. The summed E-state index contributed by atoms with van der Waals surface area (Å²) in [5.41, 5.74) is 5.14. The Morgan fingerprint density at radius 3 is 2.38 bits per heavy atom. The first-order chi connectivity index (χ1) is 18.1. The lowest BCUT2D eigenvalue weighted by atomic mass is 10.0. The van der Waals surface area contributed by atoms with Crippen molar-refractivity contribution in [2.24, 2.45) is 0 Å². The van der Waals surface area contributed by atoms with Gasteiger partial charge < -0.3 is 14.7 Å². The van der Waals surface area contributed by atoms with E-state index in [4.69, 9.17) is 4.52 Å². The zero-order valence-corrected chi connectivity index (χ0v) is 21.4. The summed E-state index contributed by atoms with van der Waals surface area (Å²) < 4.78 is 5.60. The maximum Gasteiger partial charge on any atom is 0.244 e. The first-order valence-electron chi connectivity index (χ1n) is 12.9. The number of nitrogens with zero attached hydrogens (tertiary/aromatic N) is 4. The molecule has 1 fully saturated rings. The predicted octanol–water partition coefficient (Wildman–Crippen LogP) is 5.42. The van der Waals surface area contributed by atoms with Gasteiger partial charge in [0, 0.05) is 56.0 Å². The molecule has 1 aliphatic rings. The highest BCUT2D eigenvalue weighted by Gasteiger charge is 2.26. The zero-order valence-electron chi connectivity index (χ0n) is 21.4. The van der Waals surface area contributed by atoms with Crippen molar-refractivity contribution in [3.05, 3.63) is 90.3 Å². The monoisotopic (exact) mass is 495 g/mol. The standard InChI is InChI=1S/C30H33N5O2/c1-22-12-14-25(15-13-22)29-32-30(37-33-29)23(2)35-20-18-34(19-21-35)17-16-28(36)31-27-11-7-6-10-26(27)24-8-4-3-5-9-24/h3-15,23H,16-21H2,1-2H3,(H,31,36). The lowest BCUT2D eigenvalue weighted by Crippen LogP contribution is -2.47. The van der Waals surface area contributed by atoms with Gasteiger partial charge in [-0.1, -0.05) is 83.5 Å². The lowest BCUT2D eigenvalue weighted by Gasteiger charge is -2.36. The number of hydrogen-bond donors (Lipinski definition) is 1. The molecule has 0 saturated carbocycles. The second kappa shape index (κ2) is 11.5. The molecule has 0 spiro atoms. The highest BCUT2D eigenvalue weighted by Crippen LogP contribution is 2.28. The normalized spacial score (nSPS) is 15.4. The number of carbonyl (C=O) groups is 1. The maximum absolute atomic E-state index is 12.8. The van der Waals surface area contributed by atoms with E-state index in [2.05, 4.69) is 63.4 Å². The summed E-state index contributed by atoms with van der Waals surface area (Å²) in [6.45, 7) is 8.49. The highest BCUT2D eigenvalue weighted by atomic mass is 16.5. The molecular weight excluding hydrogens is 462 g/mol. The molecule has 1 N–H and O–H groups in total. The molecule has 190 valence electrons. The van der Waals surface area contributed by atoms with Gasteiger partial charge >= 0.3 is 0 Å². The van der Waals surface area contributed by atoms with E-state index in [0.29, 0.717) is 18.1 Å². The molecule has 1 amide bonds. The van der Waals surface area contributed by atoms with Crippen molar-refractivity contribution in [2.45, 2.75) is 26.3 Å². The molecule has 1 atom stereocenters. The van der Waals surface area contributed by atoms with E-state index < -0.39 is 0 Å². The first kappa shape index (κ1) is 24.9. The van der Waals surface area contributed by atoms with Gasteiger partial charge in [-0.15, -0.1) is 0 Å². The molecule has 1 aromatic heterocycles. The van der Waals surface area contributed by atoms with Crippen LogP contribution in [0.25, 0.3) is 22.5 Å². The molecule has 37 heavy (non-hydrogen) atoms. The van der Waals surface area contributed by atoms with Crippen LogP contribution in [0.15, 0.2) is 83.4 Å². The van der Waals surface area contributed by atoms with Crippen LogP contribution in [0.4, 0.5) is 5.69 Å². The highest BCUT2D eigenvalue weighted by molar-refractivity contribution is 5.95. The molecule has 0 radical (unpaired) electrons. The van der Waals surface area contributed by atoms with Gasteiger partial charge in [-0.3, -0.25) is 9.69 Å². The van der Waals surface area contributed by atoms with Gasteiger partial charge in [0.2, 0.25) is 17.6 Å². The molecule has 7 nitrogen and oxygen atoms in total. The molecule has 0 bridgehead atoms. The third-order valence-electron chi connectivity index (χ3n) is 7.00. The summed E-state index contributed by atoms with van der Waals surface area (Å²) in [6, 6.07) is 26.3. The van der Waals surface area contributed by atoms with Gasteiger partial charge in [-0.2, -0.15) is 4.98 Å². The summed E-state index contributed by atoms with van der Waals surface area (Å²) >= 11 is 0. The Labute approximate surface area is 218 Å². The fourth-order valence-corrected chi connectivity index (χ4v) is 4.69. The third kappa shape index (κ3) is 6.13. The van der Waals surface area contributed by atoms with Gasteiger partial charge in [-0.25, -0.2) is 0 Å². The smallest absolute Gasteiger partial charge is 0.244 e. The summed E-state index contributed by atoms with van der Waals surface area (Å²) in [6.07, 6.45) is 0.461. The molecule has 2 heterocycles. The van der Waals surface area contributed by atoms with Crippen LogP contribution in [0.2, 0.25) is 0 Å². The topological polar surface area (TPSA) is 74.5 Å². The fraction of sp³-hybridized carbons (Fsp3) is 0.300. The first-order valence-corrected chi connectivity index (χ1v) is 12.9. The minimum Gasteiger partial charge on any atom is -0.337 e. The van der Waals surface area contributed by atoms with E-state index in [1.165, 1.54) is 5.56 Å². The van der Waals surface area contributed by atoms with E-state index in [1.807, 2.05) is 54.6 Å². The van der Waals surface area contributed by atoms with E-state index >= 15 is 0 Å². The van der Waals surface area contributed by atoms with Crippen molar-refractivity contribution in [3.63, 3.8) is 0 Å². The number of rotatable bonds is 8. The minimum atomic E-state index is 0.0358. The molecule has 1 aliphatic heterocycles. The number of benzene rings is 3. The Morgan fingerprint density at radius 1 is 0.919 bits per heavy atom. The van der Waals surface area contributed by atoms with Crippen LogP contribution in [0, 0.1) is 6.92 Å². The van der Waals surface area contributed by atoms with E-state index in [0.717, 1.165) is 55.1 Å². The zero-order chi connectivity index (χ0) is 25.6. The van der Waals surface area contributed by atoms with Crippen molar-refractivity contribution in [1.82, 2.24) is 19.9 Å². The maximum atomic E-state index is 12.8. The number of carbonyl (C=O) groups excluding carboxylic acids is 1. The van der Waals surface area contributed by atoms with Gasteiger partial charge in [0.1, 0.15) is 0 Å². The van der Waals surface area contributed by atoms with Crippen LogP contribution < -0.4 is 5.32 Å². The SMILES string of the molecule is Cc1ccc(-c2noc(C(C)N3CCN(CCC(=O)Nc4ccccc4-c4ccccc4)CC3)n2)cc1. The van der Waals surface area contributed by atoms with Gasteiger partial charge in [0.25, 0.3) is 0 Å². The van der Waals surface area contributed by atoms with Crippen molar-refractivity contribution < 1.29 is 9.32 Å². The molecule has 5 rings (SSSR count).